The zero-order chi connectivity index (χ0) is 14.5. The lowest BCUT2D eigenvalue weighted by atomic mass is 10.3. The SMILES string of the molecule is CC#CCC(C)OS(=O)(=O)c1cccc([N+](=O)[O-])c1. The van der Waals surface area contributed by atoms with Crippen LogP contribution in [-0.2, 0) is 14.3 Å². The molecular weight excluding hydrogens is 270 g/mol. The minimum absolute atomic E-state index is 0.238. The predicted molar refractivity (Wildman–Crippen MR) is 68.9 cm³/mol. The number of rotatable bonds is 5. The zero-order valence-electron chi connectivity index (χ0n) is 10.5. The molecule has 0 fully saturated rings. The summed E-state index contributed by atoms with van der Waals surface area (Å²) < 4.78 is 28.7. The Morgan fingerprint density at radius 1 is 1.47 bits per heavy atom. The molecule has 0 aliphatic rings. The quantitative estimate of drug-likeness (QED) is 0.357. The zero-order valence-corrected chi connectivity index (χ0v) is 11.3. The van der Waals surface area contributed by atoms with Crippen LogP contribution in [0.3, 0.4) is 0 Å². The van der Waals surface area contributed by atoms with Gasteiger partial charge < -0.3 is 0 Å². The van der Waals surface area contributed by atoms with E-state index in [0.717, 1.165) is 6.07 Å². The Bertz CT molecular complexity index is 627. The standard InChI is InChI=1S/C12H13NO5S/c1-3-4-6-10(2)18-19(16,17)12-8-5-7-11(9-12)13(14)15/h5,7-10H,6H2,1-2H3. The Hall–Kier alpha value is -1.91. The van der Waals surface area contributed by atoms with Crippen LogP contribution in [0.5, 0.6) is 0 Å². The maximum atomic E-state index is 11.9. The van der Waals surface area contributed by atoms with Crippen LogP contribution in [0, 0.1) is 22.0 Å². The molecule has 7 heteroatoms. The van der Waals surface area contributed by atoms with Gasteiger partial charge in [0, 0.05) is 18.6 Å². The van der Waals surface area contributed by atoms with Gasteiger partial charge in [-0.3, -0.25) is 14.3 Å². The molecule has 1 unspecified atom stereocenters. The first kappa shape index (κ1) is 15.1. The fourth-order valence-electron chi connectivity index (χ4n) is 1.30. The highest BCUT2D eigenvalue weighted by Crippen LogP contribution is 2.20. The van der Waals surface area contributed by atoms with Gasteiger partial charge in [-0.25, -0.2) is 0 Å². The molecule has 0 saturated heterocycles. The van der Waals surface area contributed by atoms with Crippen molar-refractivity contribution in [3.8, 4) is 11.8 Å². The van der Waals surface area contributed by atoms with E-state index in [0.29, 0.717) is 0 Å². The van der Waals surface area contributed by atoms with Gasteiger partial charge in [0.05, 0.1) is 11.0 Å². The maximum absolute atomic E-state index is 11.9. The molecule has 0 bridgehead atoms. The molecule has 0 saturated carbocycles. The van der Waals surface area contributed by atoms with Gasteiger partial charge in [-0.15, -0.1) is 11.8 Å². The fraction of sp³-hybridized carbons (Fsp3) is 0.333. The van der Waals surface area contributed by atoms with Crippen LogP contribution in [0.4, 0.5) is 5.69 Å². The molecule has 0 N–H and O–H groups in total. The van der Waals surface area contributed by atoms with Gasteiger partial charge in [-0.1, -0.05) is 6.07 Å². The number of hydrogen-bond acceptors (Lipinski definition) is 5. The van der Waals surface area contributed by atoms with E-state index < -0.39 is 21.1 Å². The Morgan fingerprint density at radius 2 is 2.16 bits per heavy atom. The van der Waals surface area contributed by atoms with Crippen LogP contribution in [0.25, 0.3) is 0 Å². The molecule has 0 aromatic heterocycles. The molecule has 102 valence electrons. The summed E-state index contributed by atoms with van der Waals surface area (Å²) in [6.45, 7) is 3.21. The van der Waals surface area contributed by atoms with E-state index in [2.05, 4.69) is 11.8 Å². The van der Waals surface area contributed by atoms with Gasteiger partial charge in [0.25, 0.3) is 15.8 Å². The van der Waals surface area contributed by atoms with Crippen LogP contribution in [0.15, 0.2) is 29.2 Å². The largest absolute Gasteiger partial charge is 0.297 e. The van der Waals surface area contributed by atoms with E-state index in [9.17, 15) is 18.5 Å². The highest BCUT2D eigenvalue weighted by atomic mass is 32.2. The number of nitro benzene ring substituents is 1. The molecule has 0 spiro atoms. The molecule has 0 radical (unpaired) electrons. The molecule has 19 heavy (non-hydrogen) atoms. The monoisotopic (exact) mass is 283 g/mol. The summed E-state index contributed by atoms with van der Waals surface area (Å²) in [5, 5.41) is 10.6. The first-order chi connectivity index (χ1) is 8.86. The van der Waals surface area contributed by atoms with Gasteiger partial charge in [0.2, 0.25) is 0 Å². The van der Waals surface area contributed by atoms with Crippen LogP contribution >= 0.6 is 0 Å². The minimum atomic E-state index is -4.02. The number of nitro groups is 1. The lowest BCUT2D eigenvalue weighted by molar-refractivity contribution is -0.385. The second-order valence-corrected chi connectivity index (χ2v) is 5.32. The lowest BCUT2D eigenvalue weighted by Gasteiger charge is -2.10. The third-order valence-electron chi connectivity index (χ3n) is 2.17. The topological polar surface area (TPSA) is 86.5 Å². The number of nitrogens with zero attached hydrogens (tertiary/aromatic N) is 1. The Kier molecular flexibility index (Phi) is 5.03. The van der Waals surface area contributed by atoms with Crippen molar-refractivity contribution in [1.82, 2.24) is 0 Å². The van der Waals surface area contributed by atoms with Crippen molar-refractivity contribution in [3.05, 3.63) is 34.4 Å². The Balaban J connectivity index is 2.96. The summed E-state index contributed by atoms with van der Waals surface area (Å²) in [6.07, 6.45) is -0.346. The molecule has 6 nitrogen and oxygen atoms in total. The van der Waals surface area contributed by atoms with Gasteiger partial charge in [-0.05, 0) is 19.9 Å². The van der Waals surface area contributed by atoms with E-state index >= 15 is 0 Å². The molecule has 0 heterocycles. The highest BCUT2D eigenvalue weighted by molar-refractivity contribution is 7.86. The average Bonchev–Trinajstić information content (AvgIpc) is 2.36. The number of hydrogen-bond donors (Lipinski definition) is 0. The number of benzene rings is 1. The third-order valence-corrected chi connectivity index (χ3v) is 3.59. The van der Waals surface area contributed by atoms with Crippen LogP contribution in [0.1, 0.15) is 20.3 Å². The van der Waals surface area contributed by atoms with Crippen molar-refractivity contribution >= 4 is 15.8 Å². The van der Waals surface area contributed by atoms with Gasteiger partial charge >= 0.3 is 0 Å². The average molecular weight is 283 g/mol. The highest BCUT2D eigenvalue weighted by Gasteiger charge is 2.21. The maximum Gasteiger partial charge on any atom is 0.297 e. The molecule has 0 amide bonds. The summed E-state index contributed by atoms with van der Waals surface area (Å²) in [5.41, 5.74) is -0.300. The van der Waals surface area contributed by atoms with Gasteiger partial charge in [-0.2, -0.15) is 8.42 Å². The Labute approximate surface area is 111 Å². The molecular formula is C12H13NO5S. The van der Waals surface area contributed by atoms with E-state index in [-0.39, 0.29) is 17.0 Å². The first-order valence-electron chi connectivity index (χ1n) is 5.44. The Morgan fingerprint density at radius 3 is 2.74 bits per heavy atom. The second kappa shape index (κ2) is 6.31. The molecule has 1 aromatic rings. The molecule has 1 rings (SSSR count). The van der Waals surface area contributed by atoms with Crippen LogP contribution < -0.4 is 0 Å². The van der Waals surface area contributed by atoms with Crippen molar-refractivity contribution in [1.29, 1.82) is 0 Å². The van der Waals surface area contributed by atoms with Crippen molar-refractivity contribution in [2.75, 3.05) is 0 Å². The summed E-state index contributed by atoms with van der Waals surface area (Å²) in [5.74, 6) is 5.34. The second-order valence-electron chi connectivity index (χ2n) is 3.75. The predicted octanol–water partition coefficient (Wildman–Crippen LogP) is 2.10. The smallest absolute Gasteiger partial charge is 0.262 e. The lowest BCUT2D eigenvalue weighted by Crippen LogP contribution is -2.15. The van der Waals surface area contributed by atoms with E-state index in [1.54, 1.807) is 13.8 Å². The van der Waals surface area contributed by atoms with E-state index in [1.165, 1.54) is 18.2 Å². The number of non-ortho nitro benzene ring substituents is 1. The van der Waals surface area contributed by atoms with Gasteiger partial charge in [0.15, 0.2) is 0 Å². The van der Waals surface area contributed by atoms with Gasteiger partial charge in [0.1, 0.15) is 4.90 Å². The van der Waals surface area contributed by atoms with E-state index in [1.807, 2.05) is 0 Å². The third kappa shape index (κ3) is 4.35. The van der Waals surface area contributed by atoms with Crippen molar-refractivity contribution in [2.24, 2.45) is 0 Å². The normalized spacial score (nSPS) is 12.3. The summed E-state index contributed by atoms with van der Waals surface area (Å²) in [7, 11) is -4.02. The molecule has 1 aromatic carbocycles. The first-order valence-corrected chi connectivity index (χ1v) is 6.85. The molecule has 1 atom stereocenters. The fourth-order valence-corrected chi connectivity index (χ4v) is 2.43. The molecule has 0 aliphatic carbocycles. The van der Waals surface area contributed by atoms with Crippen LogP contribution in [0.2, 0.25) is 0 Å². The van der Waals surface area contributed by atoms with Crippen molar-refractivity contribution in [2.45, 2.75) is 31.3 Å². The summed E-state index contributed by atoms with van der Waals surface area (Å²) in [4.78, 5) is 9.70. The molecule has 0 aliphatic heterocycles. The summed E-state index contributed by atoms with van der Waals surface area (Å²) >= 11 is 0. The summed E-state index contributed by atoms with van der Waals surface area (Å²) in [6, 6.07) is 4.73. The van der Waals surface area contributed by atoms with Crippen molar-refractivity contribution in [3.63, 3.8) is 0 Å². The van der Waals surface area contributed by atoms with Crippen molar-refractivity contribution < 1.29 is 17.5 Å². The van der Waals surface area contributed by atoms with Crippen LogP contribution in [-0.4, -0.2) is 19.4 Å². The van der Waals surface area contributed by atoms with E-state index in [4.69, 9.17) is 4.18 Å². The minimum Gasteiger partial charge on any atom is -0.262 e.